The predicted molar refractivity (Wildman–Crippen MR) is 108 cm³/mol. The molecule has 28 heavy (non-hydrogen) atoms. The summed E-state index contributed by atoms with van der Waals surface area (Å²) in [4.78, 5) is 17.0. The first-order chi connectivity index (χ1) is 13.5. The van der Waals surface area contributed by atoms with Crippen molar-refractivity contribution >= 4 is 17.7 Å². The number of thioether (sulfide) groups is 1. The molecule has 8 heteroatoms. The number of imidazole rings is 1. The SMILES string of the molecule is COc1ccc(C(NC(=O)CSCc2c(C)noc2C)c2nccn2C)cc1. The largest absolute Gasteiger partial charge is 0.497 e. The Kier molecular flexibility index (Phi) is 6.41. The second-order valence-corrected chi connectivity index (χ2v) is 7.45. The number of ether oxygens (including phenoxy) is 1. The van der Waals surface area contributed by atoms with Crippen molar-refractivity contribution in [1.82, 2.24) is 20.0 Å². The molecule has 0 aliphatic rings. The Morgan fingerprint density at radius 2 is 2.07 bits per heavy atom. The van der Waals surface area contributed by atoms with Crippen LogP contribution in [0, 0.1) is 13.8 Å². The molecule has 1 amide bonds. The molecule has 0 aliphatic carbocycles. The maximum atomic E-state index is 12.6. The number of rotatable bonds is 8. The fraction of sp³-hybridized carbons (Fsp3) is 0.350. The Bertz CT molecular complexity index is 914. The summed E-state index contributed by atoms with van der Waals surface area (Å²) in [5.74, 6) is 3.30. The van der Waals surface area contributed by atoms with Crippen LogP contribution in [-0.4, -0.2) is 33.5 Å². The van der Waals surface area contributed by atoms with E-state index in [2.05, 4.69) is 15.5 Å². The lowest BCUT2D eigenvalue weighted by Crippen LogP contribution is -2.32. The summed E-state index contributed by atoms with van der Waals surface area (Å²) < 4.78 is 12.3. The normalized spacial score (nSPS) is 12.0. The Balaban J connectivity index is 1.68. The number of benzene rings is 1. The lowest BCUT2D eigenvalue weighted by atomic mass is 10.1. The number of amides is 1. The molecule has 2 aromatic heterocycles. The molecule has 1 atom stereocenters. The molecule has 0 fully saturated rings. The van der Waals surface area contributed by atoms with Crippen LogP contribution in [0.5, 0.6) is 5.75 Å². The Morgan fingerprint density at radius 3 is 2.64 bits per heavy atom. The fourth-order valence-electron chi connectivity index (χ4n) is 2.91. The van der Waals surface area contributed by atoms with Crippen LogP contribution < -0.4 is 10.1 Å². The lowest BCUT2D eigenvalue weighted by molar-refractivity contribution is -0.119. The van der Waals surface area contributed by atoms with Gasteiger partial charge in [0, 0.05) is 30.8 Å². The van der Waals surface area contributed by atoms with Crippen molar-refractivity contribution in [3.05, 3.63) is 65.1 Å². The van der Waals surface area contributed by atoms with Gasteiger partial charge >= 0.3 is 0 Å². The average molecular weight is 401 g/mol. The van der Waals surface area contributed by atoms with Gasteiger partial charge in [0.05, 0.1) is 18.6 Å². The van der Waals surface area contributed by atoms with Crippen molar-refractivity contribution < 1.29 is 14.1 Å². The molecule has 3 rings (SSSR count). The van der Waals surface area contributed by atoms with Crippen molar-refractivity contribution in [1.29, 1.82) is 0 Å². The van der Waals surface area contributed by atoms with E-state index in [9.17, 15) is 4.79 Å². The van der Waals surface area contributed by atoms with E-state index in [1.165, 1.54) is 11.8 Å². The summed E-state index contributed by atoms with van der Waals surface area (Å²) in [6.07, 6.45) is 3.59. The van der Waals surface area contributed by atoms with Gasteiger partial charge in [-0.05, 0) is 31.5 Å². The maximum Gasteiger partial charge on any atom is 0.230 e. The summed E-state index contributed by atoms with van der Waals surface area (Å²) in [5.41, 5.74) is 2.86. The van der Waals surface area contributed by atoms with Gasteiger partial charge in [-0.15, -0.1) is 11.8 Å². The maximum absolute atomic E-state index is 12.6. The molecule has 2 heterocycles. The zero-order chi connectivity index (χ0) is 20.1. The van der Waals surface area contributed by atoms with E-state index in [1.807, 2.05) is 55.9 Å². The van der Waals surface area contributed by atoms with E-state index in [-0.39, 0.29) is 11.9 Å². The smallest absolute Gasteiger partial charge is 0.230 e. The van der Waals surface area contributed by atoms with Gasteiger partial charge in [0.25, 0.3) is 0 Å². The monoisotopic (exact) mass is 400 g/mol. The molecule has 0 saturated heterocycles. The van der Waals surface area contributed by atoms with Gasteiger partial charge in [0.15, 0.2) is 0 Å². The van der Waals surface area contributed by atoms with Gasteiger partial charge in [0.1, 0.15) is 23.4 Å². The standard InChI is InChI=1S/C20H24N4O3S/c1-13-17(14(2)27-23-13)11-28-12-18(25)22-19(20-21-9-10-24(20)3)15-5-7-16(26-4)8-6-15/h5-10,19H,11-12H2,1-4H3,(H,22,25). The van der Waals surface area contributed by atoms with Gasteiger partial charge in [-0.2, -0.15) is 0 Å². The van der Waals surface area contributed by atoms with E-state index < -0.39 is 0 Å². The van der Waals surface area contributed by atoms with Crippen LogP contribution in [0.1, 0.15) is 34.4 Å². The minimum atomic E-state index is -0.335. The summed E-state index contributed by atoms with van der Waals surface area (Å²) in [6.45, 7) is 3.80. The molecule has 7 nitrogen and oxygen atoms in total. The number of methoxy groups -OCH3 is 1. The first-order valence-corrected chi connectivity index (χ1v) is 10.0. The number of aryl methyl sites for hydroxylation is 3. The van der Waals surface area contributed by atoms with Gasteiger partial charge in [-0.3, -0.25) is 4.79 Å². The van der Waals surface area contributed by atoms with E-state index in [0.717, 1.165) is 34.2 Å². The van der Waals surface area contributed by atoms with Crippen LogP contribution in [0.3, 0.4) is 0 Å². The van der Waals surface area contributed by atoms with Crippen LogP contribution in [0.25, 0.3) is 0 Å². The highest BCUT2D eigenvalue weighted by Crippen LogP contribution is 2.24. The van der Waals surface area contributed by atoms with Crippen molar-refractivity contribution in [2.75, 3.05) is 12.9 Å². The Labute approximate surface area is 168 Å². The molecular weight excluding hydrogens is 376 g/mol. The predicted octanol–water partition coefficient (Wildman–Crippen LogP) is 3.17. The van der Waals surface area contributed by atoms with Gasteiger partial charge in [-0.25, -0.2) is 4.98 Å². The molecule has 3 aromatic rings. The van der Waals surface area contributed by atoms with E-state index >= 15 is 0 Å². The quantitative estimate of drug-likeness (QED) is 0.625. The zero-order valence-electron chi connectivity index (χ0n) is 16.4. The van der Waals surface area contributed by atoms with Gasteiger partial charge in [0.2, 0.25) is 5.91 Å². The highest BCUT2D eigenvalue weighted by molar-refractivity contribution is 7.99. The highest BCUT2D eigenvalue weighted by atomic mass is 32.2. The van der Waals surface area contributed by atoms with Crippen LogP contribution in [0.4, 0.5) is 0 Å². The molecule has 1 N–H and O–H groups in total. The number of aromatic nitrogens is 3. The molecular formula is C20H24N4O3S. The number of carbonyl (C=O) groups excluding carboxylic acids is 1. The highest BCUT2D eigenvalue weighted by Gasteiger charge is 2.21. The summed E-state index contributed by atoms with van der Waals surface area (Å²) in [7, 11) is 3.54. The number of nitrogens with zero attached hydrogens (tertiary/aromatic N) is 3. The van der Waals surface area contributed by atoms with E-state index in [0.29, 0.717) is 11.5 Å². The van der Waals surface area contributed by atoms with Gasteiger partial charge < -0.3 is 19.1 Å². The van der Waals surface area contributed by atoms with Crippen LogP contribution >= 0.6 is 11.8 Å². The molecule has 0 aliphatic heterocycles. The topological polar surface area (TPSA) is 82.2 Å². The minimum Gasteiger partial charge on any atom is -0.497 e. The van der Waals surface area contributed by atoms with E-state index in [4.69, 9.17) is 9.26 Å². The average Bonchev–Trinajstić information content (AvgIpc) is 3.26. The van der Waals surface area contributed by atoms with Crippen LogP contribution in [-0.2, 0) is 17.6 Å². The molecule has 1 aromatic carbocycles. The number of nitrogens with one attached hydrogen (secondary N) is 1. The Morgan fingerprint density at radius 1 is 1.32 bits per heavy atom. The first-order valence-electron chi connectivity index (χ1n) is 8.89. The van der Waals surface area contributed by atoms with E-state index in [1.54, 1.807) is 13.3 Å². The zero-order valence-corrected chi connectivity index (χ0v) is 17.2. The third-order valence-electron chi connectivity index (χ3n) is 4.53. The molecule has 0 spiro atoms. The summed E-state index contributed by atoms with van der Waals surface area (Å²) in [5, 5.41) is 7.05. The molecule has 148 valence electrons. The minimum absolute atomic E-state index is 0.0550. The van der Waals surface area contributed by atoms with Crippen molar-refractivity contribution in [2.45, 2.75) is 25.6 Å². The second-order valence-electron chi connectivity index (χ2n) is 6.47. The first kappa shape index (κ1) is 20.0. The van der Waals surface area contributed by atoms with Crippen molar-refractivity contribution in [2.24, 2.45) is 7.05 Å². The number of hydrogen-bond acceptors (Lipinski definition) is 6. The van der Waals surface area contributed by atoms with Crippen LogP contribution in [0.2, 0.25) is 0 Å². The molecule has 0 saturated carbocycles. The van der Waals surface area contributed by atoms with Crippen LogP contribution in [0.15, 0.2) is 41.2 Å². The third-order valence-corrected chi connectivity index (χ3v) is 5.49. The molecule has 0 bridgehead atoms. The third kappa shape index (κ3) is 4.56. The number of hydrogen-bond donors (Lipinski definition) is 1. The van der Waals surface area contributed by atoms with Gasteiger partial charge in [-0.1, -0.05) is 17.3 Å². The summed E-state index contributed by atoms with van der Waals surface area (Å²) >= 11 is 1.53. The lowest BCUT2D eigenvalue weighted by Gasteiger charge is -2.19. The Hall–Kier alpha value is -2.74. The van der Waals surface area contributed by atoms with Crippen molar-refractivity contribution in [3.8, 4) is 5.75 Å². The second kappa shape index (κ2) is 8.97. The fourth-order valence-corrected chi connectivity index (χ4v) is 3.89. The molecule has 0 radical (unpaired) electrons. The summed E-state index contributed by atoms with van der Waals surface area (Å²) in [6, 6.07) is 7.30. The molecule has 1 unspecified atom stereocenters. The van der Waals surface area contributed by atoms with Crippen molar-refractivity contribution in [3.63, 3.8) is 0 Å². The number of carbonyl (C=O) groups is 1.